The van der Waals surface area contributed by atoms with E-state index in [0.29, 0.717) is 23.0 Å². The third-order valence-electron chi connectivity index (χ3n) is 5.16. The first kappa shape index (κ1) is 20.1. The largest absolute Gasteiger partial charge is 0.356 e. The molecule has 1 fully saturated rings. The van der Waals surface area contributed by atoms with Gasteiger partial charge < -0.3 is 14.7 Å². The number of carbonyl (C=O) groups is 1. The van der Waals surface area contributed by atoms with E-state index in [1.807, 2.05) is 51.1 Å². The average molecular weight is 406 g/mol. The van der Waals surface area contributed by atoms with Gasteiger partial charge >= 0.3 is 0 Å². The Bertz CT molecular complexity index is 1010. The first-order chi connectivity index (χ1) is 14.4. The fraction of sp³-hybridized carbons (Fsp3) is 0.391. The van der Waals surface area contributed by atoms with Crippen molar-refractivity contribution in [2.75, 3.05) is 23.3 Å². The zero-order valence-electron chi connectivity index (χ0n) is 17.7. The molecule has 2 aromatic heterocycles. The summed E-state index contributed by atoms with van der Waals surface area (Å²) in [6, 6.07) is 11.1. The molecule has 0 bridgehead atoms. The summed E-state index contributed by atoms with van der Waals surface area (Å²) in [5.74, 6) is 1.73. The van der Waals surface area contributed by atoms with Crippen LogP contribution in [0.2, 0.25) is 0 Å². The first-order valence-corrected chi connectivity index (χ1v) is 10.4. The van der Waals surface area contributed by atoms with E-state index < -0.39 is 0 Å². The second kappa shape index (κ2) is 8.26. The Hall–Kier alpha value is -3.22. The van der Waals surface area contributed by atoms with E-state index in [9.17, 15) is 4.79 Å². The smallest absolute Gasteiger partial charge is 0.259 e. The summed E-state index contributed by atoms with van der Waals surface area (Å²) in [4.78, 5) is 24.1. The van der Waals surface area contributed by atoms with Crippen LogP contribution < -0.4 is 10.2 Å². The number of piperidine rings is 1. The summed E-state index contributed by atoms with van der Waals surface area (Å²) in [5.41, 5.74) is 1.94. The standard InChI is InChI=1S/C23H27N5O2/c1-23(2,3)22-26-19(27-30-22)16-9-11-17(12-10-16)25-21(29)18-8-7-13-24-20(18)28-14-5-4-6-15-28/h7-13H,4-6,14-15H2,1-3H3,(H,25,29). The van der Waals surface area contributed by atoms with E-state index in [2.05, 4.69) is 25.3 Å². The van der Waals surface area contributed by atoms with Gasteiger partial charge in [0.2, 0.25) is 11.7 Å². The fourth-order valence-electron chi connectivity index (χ4n) is 3.48. The van der Waals surface area contributed by atoms with Crippen molar-refractivity contribution in [3.05, 3.63) is 54.0 Å². The summed E-state index contributed by atoms with van der Waals surface area (Å²) < 4.78 is 5.36. The molecule has 7 heteroatoms. The lowest BCUT2D eigenvalue weighted by Gasteiger charge is -2.29. The number of amides is 1. The molecule has 156 valence electrons. The third-order valence-corrected chi connectivity index (χ3v) is 5.16. The Morgan fingerprint density at radius 3 is 2.47 bits per heavy atom. The number of hydrogen-bond acceptors (Lipinski definition) is 6. The van der Waals surface area contributed by atoms with Crippen molar-refractivity contribution in [1.29, 1.82) is 0 Å². The van der Waals surface area contributed by atoms with Gasteiger partial charge in [-0.15, -0.1) is 0 Å². The molecule has 1 aliphatic heterocycles. The van der Waals surface area contributed by atoms with Crippen LogP contribution in [0.25, 0.3) is 11.4 Å². The second-order valence-electron chi connectivity index (χ2n) is 8.63. The van der Waals surface area contributed by atoms with Crippen molar-refractivity contribution in [3.63, 3.8) is 0 Å². The maximum Gasteiger partial charge on any atom is 0.259 e. The van der Waals surface area contributed by atoms with Crippen molar-refractivity contribution in [1.82, 2.24) is 15.1 Å². The maximum atomic E-state index is 12.9. The number of rotatable bonds is 4. The highest BCUT2D eigenvalue weighted by molar-refractivity contribution is 6.07. The highest BCUT2D eigenvalue weighted by Gasteiger charge is 2.22. The molecule has 1 saturated heterocycles. The number of anilines is 2. The van der Waals surface area contributed by atoms with Crippen molar-refractivity contribution >= 4 is 17.4 Å². The van der Waals surface area contributed by atoms with Gasteiger partial charge in [-0.1, -0.05) is 25.9 Å². The SMILES string of the molecule is CC(C)(C)c1nc(-c2ccc(NC(=O)c3cccnc3N3CCCCC3)cc2)no1. The summed E-state index contributed by atoms with van der Waals surface area (Å²) >= 11 is 0. The van der Waals surface area contributed by atoms with Gasteiger partial charge in [-0.3, -0.25) is 4.79 Å². The van der Waals surface area contributed by atoms with E-state index in [4.69, 9.17) is 4.52 Å². The lowest BCUT2D eigenvalue weighted by molar-refractivity contribution is 0.102. The molecule has 1 amide bonds. The third kappa shape index (κ3) is 4.35. The van der Waals surface area contributed by atoms with E-state index in [1.54, 1.807) is 12.3 Å². The van der Waals surface area contributed by atoms with Crippen molar-refractivity contribution in [3.8, 4) is 11.4 Å². The maximum absolute atomic E-state index is 12.9. The number of hydrogen-bond donors (Lipinski definition) is 1. The average Bonchev–Trinajstić information content (AvgIpc) is 3.26. The van der Waals surface area contributed by atoms with Gasteiger partial charge in [-0.05, 0) is 55.7 Å². The Kier molecular flexibility index (Phi) is 5.53. The molecule has 0 spiro atoms. The van der Waals surface area contributed by atoms with Gasteiger partial charge in [-0.25, -0.2) is 4.98 Å². The molecular weight excluding hydrogens is 378 g/mol. The Balaban J connectivity index is 1.49. The number of nitrogens with one attached hydrogen (secondary N) is 1. The molecule has 0 atom stereocenters. The molecule has 4 rings (SSSR count). The molecule has 0 unspecified atom stereocenters. The van der Waals surface area contributed by atoms with Gasteiger partial charge in [0.1, 0.15) is 5.82 Å². The zero-order valence-corrected chi connectivity index (χ0v) is 17.7. The summed E-state index contributed by atoms with van der Waals surface area (Å²) in [5, 5.41) is 7.04. The molecule has 1 aliphatic rings. The molecule has 0 radical (unpaired) electrons. The summed E-state index contributed by atoms with van der Waals surface area (Å²) in [6.45, 7) is 7.96. The topological polar surface area (TPSA) is 84.2 Å². The minimum Gasteiger partial charge on any atom is -0.356 e. The van der Waals surface area contributed by atoms with E-state index >= 15 is 0 Å². The molecule has 7 nitrogen and oxygen atoms in total. The highest BCUT2D eigenvalue weighted by Crippen LogP contribution is 2.26. The molecule has 0 saturated carbocycles. The van der Waals surface area contributed by atoms with E-state index in [0.717, 1.165) is 37.3 Å². The quantitative estimate of drug-likeness (QED) is 0.679. The van der Waals surface area contributed by atoms with Crippen LogP contribution in [0.1, 0.15) is 56.3 Å². The minimum atomic E-state index is -0.199. The Morgan fingerprint density at radius 2 is 1.80 bits per heavy atom. The minimum absolute atomic E-state index is 0.161. The van der Waals surface area contributed by atoms with Gasteiger partial charge in [0.15, 0.2) is 0 Å². The van der Waals surface area contributed by atoms with Crippen LogP contribution in [0.5, 0.6) is 0 Å². The van der Waals surface area contributed by atoms with Crippen molar-refractivity contribution in [2.45, 2.75) is 45.4 Å². The molecule has 1 aromatic carbocycles. The van der Waals surface area contributed by atoms with Crippen LogP contribution in [-0.4, -0.2) is 34.1 Å². The fourth-order valence-corrected chi connectivity index (χ4v) is 3.48. The first-order valence-electron chi connectivity index (χ1n) is 10.4. The Labute approximate surface area is 176 Å². The number of benzene rings is 1. The molecule has 3 aromatic rings. The van der Waals surface area contributed by atoms with Crippen LogP contribution in [0.15, 0.2) is 47.1 Å². The lowest BCUT2D eigenvalue weighted by atomic mass is 9.97. The van der Waals surface area contributed by atoms with Gasteiger partial charge in [0, 0.05) is 36.0 Å². The predicted octanol–water partition coefficient (Wildman–Crippen LogP) is 4.67. The van der Waals surface area contributed by atoms with Gasteiger partial charge in [-0.2, -0.15) is 4.98 Å². The number of pyridine rings is 1. The molecule has 1 N–H and O–H groups in total. The van der Waals surface area contributed by atoms with Crippen LogP contribution in [-0.2, 0) is 5.41 Å². The molecular formula is C23H27N5O2. The monoisotopic (exact) mass is 405 g/mol. The van der Waals surface area contributed by atoms with Crippen LogP contribution >= 0.6 is 0 Å². The van der Waals surface area contributed by atoms with Crippen LogP contribution in [0.3, 0.4) is 0 Å². The van der Waals surface area contributed by atoms with Gasteiger partial charge in [0.05, 0.1) is 5.56 Å². The van der Waals surface area contributed by atoms with Crippen LogP contribution in [0.4, 0.5) is 11.5 Å². The zero-order chi connectivity index (χ0) is 21.1. The Morgan fingerprint density at radius 1 is 1.07 bits per heavy atom. The van der Waals surface area contributed by atoms with Crippen molar-refractivity contribution < 1.29 is 9.32 Å². The van der Waals surface area contributed by atoms with E-state index in [1.165, 1.54) is 6.42 Å². The van der Waals surface area contributed by atoms with Crippen LogP contribution in [0, 0.1) is 0 Å². The number of aromatic nitrogens is 3. The molecule has 30 heavy (non-hydrogen) atoms. The molecule has 0 aliphatic carbocycles. The lowest BCUT2D eigenvalue weighted by Crippen LogP contribution is -2.32. The normalized spacial score (nSPS) is 14.6. The summed E-state index contributed by atoms with van der Waals surface area (Å²) in [7, 11) is 0. The van der Waals surface area contributed by atoms with E-state index in [-0.39, 0.29) is 11.3 Å². The van der Waals surface area contributed by atoms with Crippen molar-refractivity contribution in [2.24, 2.45) is 0 Å². The summed E-state index contributed by atoms with van der Waals surface area (Å²) in [6.07, 6.45) is 5.24. The number of carbonyl (C=O) groups excluding carboxylic acids is 1. The highest BCUT2D eigenvalue weighted by atomic mass is 16.5. The predicted molar refractivity (Wildman–Crippen MR) is 117 cm³/mol. The number of nitrogens with zero attached hydrogens (tertiary/aromatic N) is 4. The van der Waals surface area contributed by atoms with Gasteiger partial charge in [0.25, 0.3) is 5.91 Å². The molecule has 3 heterocycles. The second-order valence-corrected chi connectivity index (χ2v) is 8.63.